The van der Waals surface area contributed by atoms with Crippen LogP contribution in [0.3, 0.4) is 0 Å². The first kappa shape index (κ1) is 14.4. The van der Waals surface area contributed by atoms with Gasteiger partial charge in [0.05, 0.1) is 5.69 Å². The Bertz CT molecular complexity index is 730. The number of hydrogen-bond acceptors (Lipinski definition) is 6. The van der Waals surface area contributed by atoms with Crippen molar-refractivity contribution in [1.29, 1.82) is 5.26 Å². The van der Waals surface area contributed by atoms with Crippen LogP contribution in [0.25, 0.3) is 11.3 Å². The number of hydrogen-bond donors (Lipinski definition) is 2. The van der Waals surface area contributed by atoms with Crippen LogP contribution in [0.5, 0.6) is 5.75 Å². The molecule has 0 aliphatic carbocycles. The molecule has 0 saturated heterocycles. The fourth-order valence-electron chi connectivity index (χ4n) is 1.65. The number of nitrogens with two attached hydrogens (primary N) is 2. The highest BCUT2D eigenvalue weighted by atomic mass is 19.3. The molecule has 2 aromatic rings. The second-order valence-corrected chi connectivity index (χ2v) is 3.83. The van der Waals surface area contributed by atoms with Gasteiger partial charge in [-0.15, -0.1) is 0 Å². The highest BCUT2D eigenvalue weighted by Crippen LogP contribution is 2.29. The Kier molecular flexibility index (Phi) is 3.80. The molecular formula is C12H8F3N5O. The maximum absolute atomic E-state index is 13.7. The van der Waals surface area contributed by atoms with E-state index >= 15 is 0 Å². The monoisotopic (exact) mass is 295 g/mol. The molecule has 0 aliphatic heterocycles. The summed E-state index contributed by atoms with van der Waals surface area (Å²) >= 11 is 0. The van der Waals surface area contributed by atoms with Gasteiger partial charge in [0, 0.05) is 5.56 Å². The first-order chi connectivity index (χ1) is 9.92. The van der Waals surface area contributed by atoms with Gasteiger partial charge in [-0.25, -0.2) is 9.37 Å². The fraction of sp³-hybridized carbons (Fsp3) is 0.0833. The highest BCUT2D eigenvalue weighted by Gasteiger charge is 2.16. The van der Waals surface area contributed by atoms with Gasteiger partial charge in [0.15, 0.2) is 11.6 Å². The Hall–Kier alpha value is -3.02. The van der Waals surface area contributed by atoms with Crippen molar-refractivity contribution < 1.29 is 17.9 Å². The van der Waals surface area contributed by atoms with Gasteiger partial charge in [-0.1, -0.05) is 0 Å². The minimum absolute atomic E-state index is 0.00463. The van der Waals surface area contributed by atoms with Crippen LogP contribution in [0.1, 0.15) is 5.56 Å². The lowest BCUT2D eigenvalue weighted by Crippen LogP contribution is -2.06. The molecule has 1 aromatic carbocycles. The van der Waals surface area contributed by atoms with E-state index in [0.717, 1.165) is 12.1 Å². The number of rotatable bonds is 3. The molecule has 9 heteroatoms. The van der Waals surface area contributed by atoms with Gasteiger partial charge in [-0.3, -0.25) is 0 Å². The van der Waals surface area contributed by atoms with E-state index < -0.39 is 18.2 Å². The number of nitrogen functional groups attached to an aromatic ring is 2. The van der Waals surface area contributed by atoms with Gasteiger partial charge in [0.1, 0.15) is 17.5 Å². The van der Waals surface area contributed by atoms with Gasteiger partial charge in [0.2, 0.25) is 5.95 Å². The molecule has 0 fully saturated rings. The van der Waals surface area contributed by atoms with E-state index in [1.165, 1.54) is 6.07 Å². The van der Waals surface area contributed by atoms with Crippen molar-refractivity contribution in [3.8, 4) is 23.1 Å². The van der Waals surface area contributed by atoms with E-state index in [2.05, 4.69) is 14.7 Å². The first-order valence-corrected chi connectivity index (χ1v) is 5.50. The molecule has 0 atom stereocenters. The van der Waals surface area contributed by atoms with Gasteiger partial charge in [-0.05, 0) is 18.2 Å². The van der Waals surface area contributed by atoms with E-state index in [-0.39, 0.29) is 28.6 Å². The topological polar surface area (TPSA) is 111 Å². The summed E-state index contributed by atoms with van der Waals surface area (Å²) in [6.07, 6.45) is 0. The Balaban J connectivity index is 2.53. The third kappa shape index (κ3) is 2.94. The summed E-state index contributed by atoms with van der Waals surface area (Å²) in [5.74, 6) is -2.02. The average Bonchev–Trinajstić information content (AvgIpc) is 2.40. The normalized spacial score (nSPS) is 10.4. The van der Waals surface area contributed by atoms with E-state index in [4.69, 9.17) is 16.7 Å². The van der Waals surface area contributed by atoms with Crippen molar-refractivity contribution >= 4 is 11.8 Å². The first-order valence-electron chi connectivity index (χ1n) is 5.50. The number of ether oxygens (including phenoxy) is 1. The van der Waals surface area contributed by atoms with Crippen LogP contribution in [-0.4, -0.2) is 16.6 Å². The summed E-state index contributed by atoms with van der Waals surface area (Å²) in [5.41, 5.74) is 11.0. The van der Waals surface area contributed by atoms with Crippen molar-refractivity contribution in [2.75, 3.05) is 11.5 Å². The summed E-state index contributed by atoms with van der Waals surface area (Å²) in [6.45, 7) is -3.15. The quantitative estimate of drug-likeness (QED) is 0.894. The van der Waals surface area contributed by atoms with Crippen LogP contribution in [0.15, 0.2) is 18.2 Å². The van der Waals surface area contributed by atoms with Gasteiger partial charge >= 0.3 is 6.61 Å². The molecule has 0 unspecified atom stereocenters. The zero-order valence-corrected chi connectivity index (χ0v) is 10.3. The lowest BCUT2D eigenvalue weighted by atomic mass is 10.1. The molecule has 0 bridgehead atoms. The summed E-state index contributed by atoms with van der Waals surface area (Å²) in [5, 5.41) is 9.03. The third-order valence-electron chi connectivity index (χ3n) is 2.49. The third-order valence-corrected chi connectivity index (χ3v) is 2.49. The predicted octanol–water partition coefficient (Wildman–Crippen LogP) is 1.92. The molecule has 6 nitrogen and oxygen atoms in total. The molecule has 1 aromatic heterocycles. The molecule has 1 heterocycles. The number of aromatic nitrogens is 2. The SMILES string of the molecule is N#Cc1c(N)nc(N)nc1-c1ccc(OC(F)F)c(F)c1. The van der Waals surface area contributed by atoms with Gasteiger partial charge < -0.3 is 16.2 Å². The van der Waals surface area contributed by atoms with E-state index in [1.807, 2.05) is 0 Å². The Morgan fingerprint density at radius 1 is 1.24 bits per heavy atom. The molecule has 0 spiro atoms. The highest BCUT2D eigenvalue weighted by molar-refractivity contribution is 5.73. The standard InChI is InChI=1S/C12H8F3N5O/c13-7-3-5(1-2-8(7)21-11(14)15)9-6(4-16)10(17)20-12(18)19-9/h1-3,11H,(H4,17,18,19,20). The second-order valence-electron chi connectivity index (χ2n) is 3.83. The smallest absolute Gasteiger partial charge is 0.387 e. The Morgan fingerprint density at radius 2 is 1.95 bits per heavy atom. The number of benzene rings is 1. The van der Waals surface area contributed by atoms with Gasteiger partial charge in [0.25, 0.3) is 0 Å². The lowest BCUT2D eigenvalue weighted by molar-refractivity contribution is -0.0521. The van der Waals surface area contributed by atoms with Crippen molar-refractivity contribution in [3.63, 3.8) is 0 Å². The maximum Gasteiger partial charge on any atom is 0.387 e. The Morgan fingerprint density at radius 3 is 2.52 bits per heavy atom. The van der Waals surface area contributed by atoms with Gasteiger partial charge in [-0.2, -0.15) is 19.0 Å². The van der Waals surface area contributed by atoms with Crippen LogP contribution in [0.2, 0.25) is 0 Å². The zero-order chi connectivity index (χ0) is 15.6. The Labute approximate surface area is 116 Å². The van der Waals surface area contributed by atoms with Crippen molar-refractivity contribution in [1.82, 2.24) is 9.97 Å². The number of halogens is 3. The zero-order valence-electron chi connectivity index (χ0n) is 10.3. The van der Waals surface area contributed by atoms with Crippen LogP contribution >= 0.6 is 0 Å². The van der Waals surface area contributed by atoms with Crippen LogP contribution in [-0.2, 0) is 0 Å². The summed E-state index contributed by atoms with van der Waals surface area (Å²) < 4.78 is 41.8. The molecule has 108 valence electrons. The predicted molar refractivity (Wildman–Crippen MR) is 67.6 cm³/mol. The van der Waals surface area contributed by atoms with Crippen LogP contribution in [0, 0.1) is 17.1 Å². The average molecular weight is 295 g/mol. The number of nitriles is 1. The molecule has 0 aliphatic rings. The summed E-state index contributed by atoms with van der Waals surface area (Å²) in [6, 6.07) is 4.91. The fourth-order valence-corrected chi connectivity index (χ4v) is 1.65. The van der Waals surface area contributed by atoms with Crippen LogP contribution < -0.4 is 16.2 Å². The lowest BCUT2D eigenvalue weighted by Gasteiger charge is -2.09. The van der Waals surface area contributed by atoms with Crippen molar-refractivity contribution in [2.24, 2.45) is 0 Å². The molecule has 0 radical (unpaired) electrons. The number of nitrogens with zero attached hydrogens (tertiary/aromatic N) is 3. The van der Waals surface area contributed by atoms with Crippen LogP contribution in [0.4, 0.5) is 24.9 Å². The van der Waals surface area contributed by atoms with Crippen molar-refractivity contribution in [3.05, 3.63) is 29.6 Å². The largest absolute Gasteiger partial charge is 0.432 e. The minimum Gasteiger partial charge on any atom is -0.432 e. The molecular weight excluding hydrogens is 287 g/mol. The molecule has 0 saturated carbocycles. The number of alkyl halides is 2. The molecule has 0 amide bonds. The number of anilines is 2. The second kappa shape index (κ2) is 5.54. The molecule has 4 N–H and O–H groups in total. The minimum atomic E-state index is -3.15. The maximum atomic E-state index is 13.7. The summed E-state index contributed by atoms with van der Waals surface area (Å²) in [7, 11) is 0. The molecule has 2 rings (SSSR count). The van der Waals surface area contributed by atoms with E-state index in [9.17, 15) is 13.2 Å². The molecule has 21 heavy (non-hydrogen) atoms. The summed E-state index contributed by atoms with van der Waals surface area (Å²) in [4.78, 5) is 7.43. The van der Waals surface area contributed by atoms with E-state index in [0.29, 0.717) is 0 Å². The van der Waals surface area contributed by atoms with E-state index in [1.54, 1.807) is 6.07 Å². The van der Waals surface area contributed by atoms with Crippen molar-refractivity contribution in [2.45, 2.75) is 6.61 Å².